The summed E-state index contributed by atoms with van der Waals surface area (Å²) in [7, 11) is 0. The van der Waals surface area contributed by atoms with E-state index in [1.54, 1.807) is 17.5 Å². The summed E-state index contributed by atoms with van der Waals surface area (Å²) in [5, 5.41) is 5.40. The molecule has 0 spiro atoms. The molecule has 0 aliphatic carbocycles. The molecule has 0 amide bonds. The summed E-state index contributed by atoms with van der Waals surface area (Å²) in [5.41, 5.74) is 1.98. The van der Waals surface area contributed by atoms with E-state index in [4.69, 9.17) is 4.74 Å². The fraction of sp³-hybridized carbons (Fsp3) is 0.158. The number of hydrogen-bond acceptors (Lipinski definition) is 6. The smallest absolute Gasteiger partial charge is 0.387 e. The van der Waals surface area contributed by atoms with Gasteiger partial charge in [0.2, 0.25) is 0 Å². The molecule has 0 saturated heterocycles. The van der Waals surface area contributed by atoms with Gasteiger partial charge in [-0.15, -0.1) is 11.3 Å². The summed E-state index contributed by atoms with van der Waals surface area (Å²) in [6, 6.07) is 15.7. The number of hydrogen-bond donors (Lipinski definition) is 1. The number of thiazole rings is 1. The van der Waals surface area contributed by atoms with Crippen LogP contribution in [0.1, 0.15) is 21.6 Å². The Balaban J connectivity index is 1.49. The Morgan fingerprint density at radius 3 is 2.52 bits per heavy atom. The van der Waals surface area contributed by atoms with Crippen LogP contribution >= 0.6 is 11.3 Å². The van der Waals surface area contributed by atoms with E-state index < -0.39 is 12.6 Å². The molecule has 0 bridgehead atoms. The summed E-state index contributed by atoms with van der Waals surface area (Å²) >= 11 is 1.32. The normalized spacial score (nSPS) is 10.6. The fourth-order valence-electron chi connectivity index (χ4n) is 2.21. The maximum atomic E-state index is 12.1. The Hall–Kier alpha value is -3.00. The number of esters is 1. The molecule has 3 aromatic rings. The predicted octanol–water partition coefficient (Wildman–Crippen LogP) is 4.71. The van der Waals surface area contributed by atoms with Gasteiger partial charge >= 0.3 is 12.6 Å². The number of alkyl halides is 2. The maximum absolute atomic E-state index is 12.1. The lowest BCUT2D eigenvalue weighted by molar-refractivity contribution is -0.0498. The number of halogens is 2. The first-order chi connectivity index (χ1) is 13.1. The molecule has 0 radical (unpaired) electrons. The van der Waals surface area contributed by atoms with Crippen LogP contribution in [0.25, 0.3) is 0 Å². The number of nitrogens with zero attached hydrogens (tertiary/aromatic N) is 1. The van der Waals surface area contributed by atoms with Crippen LogP contribution in [0.2, 0.25) is 0 Å². The van der Waals surface area contributed by atoms with E-state index in [2.05, 4.69) is 15.0 Å². The lowest BCUT2D eigenvalue weighted by Crippen LogP contribution is -2.06. The second-order valence-corrected chi connectivity index (χ2v) is 6.33. The van der Waals surface area contributed by atoms with E-state index in [-0.39, 0.29) is 18.1 Å². The SMILES string of the molecule is O=C(OCc1ccc(OC(F)F)cc1)c1csc(NCc2ccccc2)n1. The van der Waals surface area contributed by atoms with Crippen molar-refractivity contribution in [1.82, 2.24) is 4.98 Å². The second kappa shape index (κ2) is 9.09. The molecule has 27 heavy (non-hydrogen) atoms. The summed E-state index contributed by atoms with van der Waals surface area (Å²) in [5.74, 6) is -0.499. The largest absolute Gasteiger partial charge is 0.456 e. The molecule has 0 aliphatic rings. The monoisotopic (exact) mass is 390 g/mol. The minimum Gasteiger partial charge on any atom is -0.456 e. The molecular formula is C19H16F2N2O3S. The first-order valence-corrected chi connectivity index (χ1v) is 8.92. The van der Waals surface area contributed by atoms with Gasteiger partial charge in [0, 0.05) is 11.9 Å². The lowest BCUT2D eigenvalue weighted by atomic mass is 10.2. The van der Waals surface area contributed by atoms with Crippen molar-refractivity contribution in [2.45, 2.75) is 19.8 Å². The molecule has 0 saturated carbocycles. The minimum absolute atomic E-state index is 0.0120. The van der Waals surface area contributed by atoms with Crippen LogP contribution < -0.4 is 10.1 Å². The molecule has 5 nitrogen and oxygen atoms in total. The molecule has 2 aromatic carbocycles. The zero-order valence-electron chi connectivity index (χ0n) is 14.1. The molecule has 0 fully saturated rings. The molecule has 0 aliphatic heterocycles. The third-order valence-corrected chi connectivity index (χ3v) is 4.32. The minimum atomic E-state index is -2.87. The number of ether oxygens (including phenoxy) is 2. The molecule has 1 heterocycles. The Labute approximate surface area is 158 Å². The molecule has 8 heteroatoms. The zero-order chi connectivity index (χ0) is 19.1. The average molecular weight is 390 g/mol. The van der Waals surface area contributed by atoms with Gasteiger partial charge in [0.1, 0.15) is 12.4 Å². The maximum Gasteiger partial charge on any atom is 0.387 e. The highest BCUT2D eigenvalue weighted by molar-refractivity contribution is 7.13. The van der Waals surface area contributed by atoms with Gasteiger partial charge in [-0.2, -0.15) is 8.78 Å². The Morgan fingerprint density at radius 1 is 1.07 bits per heavy atom. The number of nitrogens with one attached hydrogen (secondary N) is 1. The summed E-state index contributed by atoms with van der Waals surface area (Å²) < 4.78 is 33.7. The van der Waals surface area contributed by atoms with Gasteiger partial charge in [-0.1, -0.05) is 42.5 Å². The van der Waals surface area contributed by atoms with Crippen molar-refractivity contribution in [3.05, 3.63) is 76.8 Å². The summed E-state index contributed by atoms with van der Waals surface area (Å²) in [6.07, 6.45) is 0. The van der Waals surface area contributed by atoms with Gasteiger partial charge < -0.3 is 14.8 Å². The Kier molecular flexibility index (Phi) is 6.32. The Morgan fingerprint density at radius 2 is 1.81 bits per heavy atom. The average Bonchev–Trinajstić information content (AvgIpc) is 3.15. The van der Waals surface area contributed by atoms with Crippen LogP contribution in [0.4, 0.5) is 13.9 Å². The number of carbonyl (C=O) groups excluding carboxylic acids is 1. The second-order valence-electron chi connectivity index (χ2n) is 5.48. The highest BCUT2D eigenvalue weighted by Crippen LogP contribution is 2.19. The van der Waals surface area contributed by atoms with Crippen molar-refractivity contribution in [3.63, 3.8) is 0 Å². The number of aromatic nitrogens is 1. The van der Waals surface area contributed by atoms with E-state index in [1.807, 2.05) is 30.3 Å². The molecule has 1 aromatic heterocycles. The third kappa shape index (κ3) is 5.75. The number of carbonyl (C=O) groups is 1. The third-order valence-electron chi connectivity index (χ3n) is 3.52. The quantitative estimate of drug-likeness (QED) is 0.564. The van der Waals surface area contributed by atoms with Crippen LogP contribution in [0.15, 0.2) is 60.0 Å². The first kappa shape index (κ1) is 18.8. The van der Waals surface area contributed by atoms with Crippen molar-refractivity contribution in [3.8, 4) is 5.75 Å². The molecule has 0 unspecified atom stereocenters. The summed E-state index contributed by atoms with van der Waals surface area (Å²) in [4.78, 5) is 16.3. The van der Waals surface area contributed by atoms with Crippen molar-refractivity contribution in [1.29, 1.82) is 0 Å². The first-order valence-electron chi connectivity index (χ1n) is 8.04. The molecular weight excluding hydrogens is 374 g/mol. The van der Waals surface area contributed by atoms with E-state index in [1.165, 1.54) is 23.5 Å². The standard InChI is InChI=1S/C19H16F2N2O3S/c20-18(21)26-15-8-6-14(7-9-15)11-25-17(24)16-12-27-19(23-16)22-10-13-4-2-1-3-5-13/h1-9,12,18H,10-11H2,(H,22,23). The fourth-order valence-corrected chi connectivity index (χ4v) is 2.89. The number of benzene rings is 2. The van der Waals surface area contributed by atoms with Gasteiger partial charge in [-0.25, -0.2) is 9.78 Å². The number of anilines is 1. The summed E-state index contributed by atoms with van der Waals surface area (Å²) in [6.45, 7) is -2.25. The highest BCUT2D eigenvalue weighted by Gasteiger charge is 2.13. The highest BCUT2D eigenvalue weighted by atomic mass is 32.1. The molecule has 3 rings (SSSR count). The van der Waals surface area contributed by atoms with E-state index >= 15 is 0 Å². The van der Waals surface area contributed by atoms with E-state index in [0.29, 0.717) is 17.2 Å². The molecule has 140 valence electrons. The lowest BCUT2D eigenvalue weighted by Gasteiger charge is -2.06. The van der Waals surface area contributed by atoms with Crippen molar-refractivity contribution >= 4 is 22.4 Å². The molecule has 0 atom stereocenters. The van der Waals surface area contributed by atoms with Crippen LogP contribution in [-0.4, -0.2) is 17.6 Å². The van der Waals surface area contributed by atoms with Crippen molar-refractivity contribution in [2.75, 3.05) is 5.32 Å². The van der Waals surface area contributed by atoms with Gasteiger partial charge in [0.25, 0.3) is 0 Å². The zero-order valence-corrected chi connectivity index (χ0v) is 14.9. The van der Waals surface area contributed by atoms with E-state index in [0.717, 1.165) is 5.56 Å². The van der Waals surface area contributed by atoms with E-state index in [9.17, 15) is 13.6 Å². The van der Waals surface area contributed by atoms with Gasteiger partial charge in [0.05, 0.1) is 0 Å². The number of rotatable bonds is 8. The van der Waals surface area contributed by atoms with Gasteiger partial charge in [0.15, 0.2) is 10.8 Å². The van der Waals surface area contributed by atoms with Gasteiger partial charge in [-0.3, -0.25) is 0 Å². The van der Waals surface area contributed by atoms with Crippen molar-refractivity contribution in [2.24, 2.45) is 0 Å². The van der Waals surface area contributed by atoms with Crippen LogP contribution in [0, 0.1) is 0 Å². The molecule has 1 N–H and O–H groups in total. The topological polar surface area (TPSA) is 60.5 Å². The van der Waals surface area contributed by atoms with Crippen LogP contribution in [-0.2, 0) is 17.9 Å². The van der Waals surface area contributed by atoms with Gasteiger partial charge in [-0.05, 0) is 23.3 Å². The van der Waals surface area contributed by atoms with Crippen molar-refractivity contribution < 1.29 is 23.0 Å². The van der Waals surface area contributed by atoms with Crippen LogP contribution in [0.3, 0.4) is 0 Å². The Bertz CT molecular complexity index is 870. The predicted molar refractivity (Wildman–Crippen MR) is 98.1 cm³/mol. The van der Waals surface area contributed by atoms with Crippen LogP contribution in [0.5, 0.6) is 5.75 Å².